The Morgan fingerprint density at radius 3 is 2.88 bits per heavy atom. The van der Waals surface area contributed by atoms with Gasteiger partial charge in [-0.15, -0.1) is 0 Å². The van der Waals surface area contributed by atoms with Crippen LogP contribution in [0.4, 0.5) is 5.82 Å². The van der Waals surface area contributed by atoms with E-state index in [9.17, 15) is 4.79 Å². The van der Waals surface area contributed by atoms with Crippen LogP contribution in [-0.2, 0) is 0 Å². The number of ether oxygens (including phenoxy) is 2. The van der Waals surface area contributed by atoms with Gasteiger partial charge in [-0.05, 0) is 48.7 Å². The summed E-state index contributed by atoms with van der Waals surface area (Å²) in [6.45, 7) is 2.58. The van der Waals surface area contributed by atoms with Gasteiger partial charge in [0.05, 0.1) is 0 Å². The van der Waals surface area contributed by atoms with Gasteiger partial charge < -0.3 is 19.7 Å². The Hall–Kier alpha value is -2.76. The SMILES string of the molecule is CNc1cc([C@H]2CCCN(C(=O)c3ccc4c(c3)OCCO4)C2)ccn1. The molecule has 1 amide bonds. The molecule has 2 aliphatic rings. The van der Waals surface area contributed by atoms with Crippen molar-refractivity contribution in [2.45, 2.75) is 18.8 Å². The number of nitrogens with zero attached hydrogens (tertiary/aromatic N) is 2. The van der Waals surface area contributed by atoms with Crippen molar-refractivity contribution in [2.75, 3.05) is 38.7 Å². The molecule has 1 aromatic carbocycles. The molecule has 3 heterocycles. The van der Waals surface area contributed by atoms with E-state index in [-0.39, 0.29) is 5.91 Å². The van der Waals surface area contributed by atoms with Gasteiger partial charge >= 0.3 is 0 Å². The highest BCUT2D eigenvalue weighted by Gasteiger charge is 2.26. The summed E-state index contributed by atoms with van der Waals surface area (Å²) in [5.41, 5.74) is 1.88. The highest BCUT2D eigenvalue weighted by Crippen LogP contribution is 2.33. The van der Waals surface area contributed by atoms with E-state index in [1.165, 1.54) is 5.56 Å². The minimum absolute atomic E-state index is 0.0505. The Morgan fingerprint density at radius 2 is 2.04 bits per heavy atom. The van der Waals surface area contributed by atoms with Crippen LogP contribution in [0.1, 0.15) is 34.7 Å². The molecular weight excluding hydrogens is 330 g/mol. The van der Waals surface area contributed by atoms with Crippen molar-refractivity contribution in [1.29, 1.82) is 0 Å². The van der Waals surface area contributed by atoms with Gasteiger partial charge in [0.2, 0.25) is 0 Å². The smallest absolute Gasteiger partial charge is 0.254 e. The zero-order valence-electron chi connectivity index (χ0n) is 14.9. The monoisotopic (exact) mass is 353 g/mol. The predicted octanol–water partition coefficient (Wildman–Crippen LogP) is 2.91. The molecule has 1 saturated heterocycles. The van der Waals surface area contributed by atoms with Crippen molar-refractivity contribution < 1.29 is 14.3 Å². The lowest BCUT2D eigenvalue weighted by Crippen LogP contribution is -2.39. The van der Waals surface area contributed by atoms with Gasteiger partial charge in [-0.3, -0.25) is 4.79 Å². The number of hydrogen-bond acceptors (Lipinski definition) is 5. The number of hydrogen-bond donors (Lipinski definition) is 1. The topological polar surface area (TPSA) is 63.7 Å². The van der Waals surface area contributed by atoms with Crippen molar-refractivity contribution >= 4 is 11.7 Å². The maximum atomic E-state index is 13.0. The molecule has 6 nitrogen and oxygen atoms in total. The van der Waals surface area contributed by atoms with E-state index in [0.29, 0.717) is 36.2 Å². The van der Waals surface area contributed by atoms with Crippen molar-refractivity contribution in [2.24, 2.45) is 0 Å². The van der Waals surface area contributed by atoms with E-state index in [0.717, 1.165) is 31.7 Å². The Balaban J connectivity index is 1.51. The summed E-state index contributed by atoms with van der Waals surface area (Å²) in [5, 5.41) is 3.08. The first kappa shape index (κ1) is 16.7. The van der Waals surface area contributed by atoms with Crippen molar-refractivity contribution in [3.63, 3.8) is 0 Å². The second kappa shape index (κ2) is 7.23. The van der Waals surface area contributed by atoms with Crippen molar-refractivity contribution in [3.8, 4) is 11.5 Å². The molecule has 0 spiro atoms. The number of aromatic nitrogens is 1. The minimum atomic E-state index is 0.0505. The molecule has 136 valence electrons. The summed E-state index contributed by atoms with van der Waals surface area (Å²) in [6.07, 6.45) is 3.90. The van der Waals surface area contributed by atoms with Gasteiger partial charge in [-0.25, -0.2) is 4.98 Å². The largest absolute Gasteiger partial charge is 0.486 e. The van der Waals surface area contributed by atoms with Gasteiger partial charge in [0, 0.05) is 37.8 Å². The predicted molar refractivity (Wildman–Crippen MR) is 99.1 cm³/mol. The lowest BCUT2D eigenvalue weighted by atomic mass is 9.90. The zero-order chi connectivity index (χ0) is 17.9. The number of rotatable bonds is 3. The van der Waals surface area contributed by atoms with E-state index in [2.05, 4.69) is 16.4 Å². The Labute approximate surface area is 153 Å². The number of fused-ring (bicyclic) bond motifs is 1. The molecule has 1 N–H and O–H groups in total. The number of benzene rings is 1. The van der Waals surface area contributed by atoms with Crippen molar-refractivity contribution in [3.05, 3.63) is 47.7 Å². The Bertz CT molecular complexity index is 809. The summed E-state index contributed by atoms with van der Waals surface area (Å²) in [5.74, 6) is 2.61. The van der Waals surface area contributed by atoms with Crippen LogP contribution in [0, 0.1) is 0 Å². The maximum absolute atomic E-state index is 13.0. The van der Waals surface area contributed by atoms with Gasteiger partial charge in [0.1, 0.15) is 19.0 Å². The number of piperidine rings is 1. The summed E-state index contributed by atoms with van der Waals surface area (Å²) in [4.78, 5) is 19.2. The van der Waals surface area contributed by atoms with E-state index < -0.39 is 0 Å². The molecule has 0 unspecified atom stereocenters. The van der Waals surface area contributed by atoms with Gasteiger partial charge in [0.15, 0.2) is 11.5 Å². The minimum Gasteiger partial charge on any atom is -0.486 e. The molecule has 4 rings (SSSR count). The first-order valence-electron chi connectivity index (χ1n) is 9.07. The fourth-order valence-corrected chi connectivity index (χ4v) is 3.63. The lowest BCUT2D eigenvalue weighted by molar-refractivity contribution is 0.0706. The molecule has 1 atom stereocenters. The van der Waals surface area contributed by atoms with Crippen LogP contribution < -0.4 is 14.8 Å². The second-order valence-electron chi connectivity index (χ2n) is 6.67. The number of amides is 1. The van der Waals surface area contributed by atoms with E-state index in [1.54, 1.807) is 6.07 Å². The number of carbonyl (C=O) groups excluding carboxylic acids is 1. The standard InChI is InChI=1S/C20H23N3O3/c1-21-19-12-14(6-7-22-19)16-3-2-8-23(13-16)20(24)15-4-5-17-18(11-15)26-10-9-25-17/h4-7,11-12,16H,2-3,8-10,13H2,1H3,(H,21,22)/t16-/m0/s1. The summed E-state index contributed by atoms with van der Waals surface area (Å²) in [6, 6.07) is 9.56. The molecule has 0 aliphatic carbocycles. The number of carbonyl (C=O) groups is 1. The fourth-order valence-electron chi connectivity index (χ4n) is 3.63. The number of pyridine rings is 1. The average molecular weight is 353 g/mol. The average Bonchev–Trinajstić information content (AvgIpc) is 2.73. The highest BCUT2D eigenvalue weighted by atomic mass is 16.6. The molecular formula is C20H23N3O3. The first-order valence-corrected chi connectivity index (χ1v) is 9.07. The number of nitrogens with one attached hydrogen (secondary N) is 1. The fraction of sp³-hybridized carbons (Fsp3) is 0.400. The summed E-state index contributed by atoms with van der Waals surface area (Å²) in [7, 11) is 1.87. The third-order valence-electron chi connectivity index (χ3n) is 5.01. The Kier molecular flexibility index (Phi) is 4.65. The zero-order valence-corrected chi connectivity index (χ0v) is 14.9. The Morgan fingerprint density at radius 1 is 1.19 bits per heavy atom. The van der Waals surface area contributed by atoms with Crippen LogP contribution in [0.2, 0.25) is 0 Å². The second-order valence-corrected chi connectivity index (χ2v) is 6.67. The molecule has 0 radical (unpaired) electrons. The maximum Gasteiger partial charge on any atom is 0.254 e. The lowest BCUT2D eigenvalue weighted by Gasteiger charge is -2.33. The van der Waals surface area contributed by atoms with Gasteiger partial charge in [-0.2, -0.15) is 0 Å². The van der Waals surface area contributed by atoms with Crippen LogP contribution in [-0.4, -0.2) is 49.1 Å². The number of anilines is 1. The molecule has 2 aromatic rings. The summed E-state index contributed by atoms with van der Waals surface area (Å²) < 4.78 is 11.1. The van der Waals surface area contributed by atoms with Crippen LogP contribution in [0.25, 0.3) is 0 Å². The van der Waals surface area contributed by atoms with Gasteiger partial charge in [-0.1, -0.05) is 0 Å². The van der Waals surface area contributed by atoms with Crippen molar-refractivity contribution in [1.82, 2.24) is 9.88 Å². The number of likely N-dealkylation sites (tertiary alicyclic amines) is 1. The van der Waals surface area contributed by atoms with Crippen LogP contribution in [0.5, 0.6) is 11.5 Å². The van der Waals surface area contributed by atoms with E-state index in [1.807, 2.05) is 36.3 Å². The molecule has 1 fully saturated rings. The molecule has 6 heteroatoms. The molecule has 26 heavy (non-hydrogen) atoms. The molecule has 0 saturated carbocycles. The highest BCUT2D eigenvalue weighted by molar-refractivity contribution is 5.95. The summed E-state index contributed by atoms with van der Waals surface area (Å²) >= 11 is 0. The third-order valence-corrected chi connectivity index (χ3v) is 5.01. The quantitative estimate of drug-likeness (QED) is 0.919. The molecule has 0 bridgehead atoms. The molecule has 2 aliphatic heterocycles. The van der Waals surface area contributed by atoms with E-state index >= 15 is 0 Å². The first-order chi connectivity index (χ1) is 12.7. The van der Waals surface area contributed by atoms with E-state index in [4.69, 9.17) is 9.47 Å². The third kappa shape index (κ3) is 3.31. The van der Waals surface area contributed by atoms with Crippen LogP contribution in [0.3, 0.4) is 0 Å². The van der Waals surface area contributed by atoms with Gasteiger partial charge in [0.25, 0.3) is 5.91 Å². The molecule has 1 aromatic heterocycles. The normalized spacial score (nSPS) is 19.1. The van der Waals surface area contributed by atoms with Crippen LogP contribution in [0.15, 0.2) is 36.5 Å². The van der Waals surface area contributed by atoms with Crippen LogP contribution >= 0.6 is 0 Å².